The van der Waals surface area contributed by atoms with E-state index in [0.717, 1.165) is 38.8 Å². The maximum absolute atomic E-state index is 12.4. The molecule has 4 rings (SSSR count). The molecule has 2 aromatic carbocycles. The summed E-state index contributed by atoms with van der Waals surface area (Å²) < 4.78 is 11.6. The molecule has 0 bridgehead atoms. The van der Waals surface area contributed by atoms with Crippen molar-refractivity contribution in [3.8, 4) is 6.07 Å². The van der Waals surface area contributed by atoms with E-state index in [4.69, 9.17) is 9.15 Å². The maximum atomic E-state index is 12.4. The average molecular weight is 459 g/mol. The molecule has 1 amide bonds. The van der Waals surface area contributed by atoms with Crippen molar-refractivity contribution < 1.29 is 13.9 Å². The van der Waals surface area contributed by atoms with Crippen molar-refractivity contribution in [2.45, 2.75) is 60.0 Å². The summed E-state index contributed by atoms with van der Waals surface area (Å²) in [5.74, 6) is 0.363. The van der Waals surface area contributed by atoms with Crippen molar-refractivity contribution >= 4 is 22.6 Å². The molecule has 0 saturated heterocycles. The molecule has 0 radical (unpaired) electrons. The number of fused-ring (bicyclic) bond motifs is 1. The molecule has 34 heavy (non-hydrogen) atoms. The van der Waals surface area contributed by atoms with Crippen molar-refractivity contribution in [3.05, 3.63) is 76.6 Å². The molecule has 5 nitrogen and oxygen atoms in total. The van der Waals surface area contributed by atoms with Crippen molar-refractivity contribution in [2.75, 3.05) is 13.1 Å². The Hall–Kier alpha value is -3.52. The standard InChI is InChI=1S/C27H28N2O3.C2H6/c1-18-14-21(20-10-12-29(13-11-20)26(30)32-27(2,3)4)25-23(15-18)22(24(17-28)31-25)16-19-8-6-5-7-9-19;1-2/h5-10,14-15H,11-13,16H2,1-4H3;1-2H3. The predicted molar refractivity (Wildman–Crippen MR) is 137 cm³/mol. The van der Waals surface area contributed by atoms with Gasteiger partial charge in [0.1, 0.15) is 17.3 Å². The van der Waals surface area contributed by atoms with Crippen LogP contribution in [0.25, 0.3) is 16.5 Å². The van der Waals surface area contributed by atoms with Gasteiger partial charge in [-0.3, -0.25) is 0 Å². The summed E-state index contributed by atoms with van der Waals surface area (Å²) in [4.78, 5) is 14.1. The lowest BCUT2D eigenvalue weighted by Gasteiger charge is -2.29. The van der Waals surface area contributed by atoms with Crippen LogP contribution in [0.3, 0.4) is 0 Å². The number of ether oxygens (including phenoxy) is 1. The van der Waals surface area contributed by atoms with E-state index < -0.39 is 5.60 Å². The molecule has 5 heteroatoms. The van der Waals surface area contributed by atoms with Gasteiger partial charge in [0.15, 0.2) is 0 Å². The van der Waals surface area contributed by atoms with Crippen LogP contribution in [-0.4, -0.2) is 29.7 Å². The number of aryl methyl sites for hydroxylation is 1. The molecule has 0 unspecified atom stereocenters. The van der Waals surface area contributed by atoms with Crippen molar-refractivity contribution in [3.63, 3.8) is 0 Å². The number of amides is 1. The van der Waals surface area contributed by atoms with Gasteiger partial charge < -0.3 is 14.1 Å². The number of benzene rings is 2. The van der Waals surface area contributed by atoms with Crippen LogP contribution in [0.1, 0.15) is 69.1 Å². The lowest BCUT2D eigenvalue weighted by molar-refractivity contribution is 0.0270. The van der Waals surface area contributed by atoms with Gasteiger partial charge in [0, 0.05) is 36.0 Å². The van der Waals surface area contributed by atoms with Crippen molar-refractivity contribution in [2.24, 2.45) is 0 Å². The lowest BCUT2D eigenvalue weighted by atomic mass is 9.94. The molecule has 0 saturated carbocycles. The highest BCUT2D eigenvalue weighted by Crippen LogP contribution is 2.36. The van der Waals surface area contributed by atoms with Crippen molar-refractivity contribution in [1.82, 2.24) is 4.90 Å². The van der Waals surface area contributed by atoms with Gasteiger partial charge in [-0.05, 0) is 62.9 Å². The Morgan fingerprint density at radius 3 is 2.47 bits per heavy atom. The van der Waals surface area contributed by atoms with Gasteiger partial charge in [-0.2, -0.15) is 5.26 Å². The van der Waals surface area contributed by atoms with Gasteiger partial charge >= 0.3 is 6.09 Å². The maximum Gasteiger partial charge on any atom is 0.410 e. The van der Waals surface area contributed by atoms with Gasteiger partial charge in [-0.25, -0.2) is 4.79 Å². The zero-order valence-corrected chi connectivity index (χ0v) is 21.1. The molecule has 1 aromatic heterocycles. The Balaban J connectivity index is 0.00000158. The molecule has 0 atom stereocenters. The quantitative estimate of drug-likeness (QED) is 0.414. The molecule has 3 aromatic rings. The number of hydrogen-bond acceptors (Lipinski definition) is 4. The molecular weight excluding hydrogens is 424 g/mol. The highest BCUT2D eigenvalue weighted by atomic mass is 16.6. The second-order valence-corrected chi connectivity index (χ2v) is 9.28. The SMILES string of the molecule is CC.Cc1cc(C2=CCN(C(=O)OC(C)(C)C)CC2)c2oc(C#N)c(Cc3ccccc3)c2c1. The molecule has 2 heterocycles. The number of furan rings is 1. The van der Waals surface area contributed by atoms with Crippen LogP contribution in [0.4, 0.5) is 4.79 Å². The number of carbonyl (C=O) groups is 1. The van der Waals surface area contributed by atoms with E-state index in [1.807, 2.05) is 52.8 Å². The van der Waals surface area contributed by atoms with E-state index >= 15 is 0 Å². The Bertz CT molecular complexity index is 1220. The fourth-order valence-corrected chi connectivity index (χ4v) is 4.10. The summed E-state index contributed by atoms with van der Waals surface area (Å²) in [5, 5.41) is 10.7. The first-order chi connectivity index (χ1) is 16.2. The van der Waals surface area contributed by atoms with Crippen LogP contribution >= 0.6 is 0 Å². The third-order valence-electron chi connectivity index (χ3n) is 5.57. The van der Waals surface area contributed by atoms with E-state index in [9.17, 15) is 10.1 Å². The fourth-order valence-electron chi connectivity index (χ4n) is 4.10. The van der Waals surface area contributed by atoms with Crippen LogP contribution in [0, 0.1) is 18.3 Å². The zero-order valence-electron chi connectivity index (χ0n) is 21.1. The third kappa shape index (κ3) is 5.69. The zero-order chi connectivity index (χ0) is 24.9. The second-order valence-electron chi connectivity index (χ2n) is 9.28. The molecular formula is C29H34N2O3. The lowest BCUT2D eigenvalue weighted by Crippen LogP contribution is -2.39. The largest absolute Gasteiger partial charge is 0.445 e. The highest BCUT2D eigenvalue weighted by Gasteiger charge is 2.26. The Morgan fingerprint density at radius 2 is 1.88 bits per heavy atom. The molecule has 1 aliphatic heterocycles. The Morgan fingerprint density at radius 1 is 1.18 bits per heavy atom. The fraction of sp³-hybridized carbons (Fsp3) is 0.379. The summed E-state index contributed by atoms with van der Waals surface area (Å²) in [5.41, 5.74) is 5.53. The van der Waals surface area contributed by atoms with E-state index in [1.165, 1.54) is 0 Å². The smallest absolute Gasteiger partial charge is 0.410 e. The average Bonchev–Trinajstić information content (AvgIpc) is 3.16. The van der Waals surface area contributed by atoms with Crippen LogP contribution in [-0.2, 0) is 11.2 Å². The van der Waals surface area contributed by atoms with E-state index in [0.29, 0.717) is 31.7 Å². The first kappa shape index (κ1) is 25.1. The van der Waals surface area contributed by atoms with Crippen LogP contribution in [0.15, 0.2) is 53.0 Å². The van der Waals surface area contributed by atoms with E-state index in [1.54, 1.807) is 4.90 Å². The third-order valence-corrected chi connectivity index (χ3v) is 5.57. The molecule has 1 aliphatic rings. The van der Waals surface area contributed by atoms with Crippen LogP contribution < -0.4 is 0 Å². The summed E-state index contributed by atoms with van der Waals surface area (Å²) >= 11 is 0. The van der Waals surface area contributed by atoms with E-state index in [2.05, 4.69) is 43.3 Å². The number of nitrogens with zero attached hydrogens (tertiary/aromatic N) is 2. The van der Waals surface area contributed by atoms with Gasteiger partial charge in [0.25, 0.3) is 0 Å². The summed E-state index contributed by atoms with van der Waals surface area (Å²) in [6, 6.07) is 16.6. The second kappa shape index (κ2) is 10.6. The van der Waals surface area contributed by atoms with Crippen LogP contribution in [0.2, 0.25) is 0 Å². The minimum absolute atomic E-state index is 0.294. The Kier molecular flexibility index (Phi) is 7.83. The first-order valence-corrected chi connectivity index (χ1v) is 11.9. The monoisotopic (exact) mass is 458 g/mol. The van der Waals surface area contributed by atoms with Crippen molar-refractivity contribution in [1.29, 1.82) is 5.26 Å². The van der Waals surface area contributed by atoms with Gasteiger partial charge in [0.2, 0.25) is 5.76 Å². The molecule has 0 spiro atoms. The molecule has 0 N–H and O–H groups in total. The molecule has 178 valence electrons. The molecule has 0 aliphatic carbocycles. The van der Waals surface area contributed by atoms with E-state index in [-0.39, 0.29) is 6.09 Å². The summed E-state index contributed by atoms with van der Waals surface area (Å²) in [6.45, 7) is 12.7. The predicted octanol–water partition coefficient (Wildman–Crippen LogP) is 7.25. The number of hydrogen-bond donors (Lipinski definition) is 0. The topological polar surface area (TPSA) is 66.5 Å². The number of rotatable bonds is 3. The van der Waals surface area contributed by atoms with Gasteiger partial charge in [-0.15, -0.1) is 0 Å². The van der Waals surface area contributed by atoms with Gasteiger partial charge in [-0.1, -0.05) is 50.3 Å². The molecule has 0 fully saturated rings. The van der Waals surface area contributed by atoms with Crippen LogP contribution in [0.5, 0.6) is 0 Å². The summed E-state index contributed by atoms with van der Waals surface area (Å²) in [7, 11) is 0. The minimum Gasteiger partial charge on any atom is -0.445 e. The highest BCUT2D eigenvalue weighted by molar-refractivity contribution is 5.94. The first-order valence-electron chi connectivity index (χ1n) is 11.9. The number of nitriles is 1. The van der Waals surface area contributed by atoms with Gasteiger partial charge in [0.05, 0.1) is 0 Å². The summed E-state index contributed by atoms with van der Waals surface area (Å²) in [6.07, 6.45) is 3.11. The Labute approximate surface area is 202 Å². The minimum atomic E-state index is -0.513. The number of carbonyl (C=O) groups excluding carboxylic acids is 1. The normalized spacial score (nSPS) is 13.6.